The average Bonchev–Trinajstić information content (AvgIpc) is 2.81. The second kappa shape index (κ2) is 10.3. The number of rotatable bonds is 9. The molecule has 1 N–H and O–H groups in total. The molecule has 0 saturated carbocycles. The molecule has 9 heteroatoms. The Kier molecular flexibility index (Phi) is 7.22. The Morgan fingerprint density at radius 1 is 0.969 bits per heavy atom. The monoisotopic (exact) mass is 440 g/mol. The highest BCUT2D eigenvalue weighted by atomic mass is 19.1. The molecule has 166 valence electrons. The van der Waals surface area contributed by atoms with Crippen LogP contribution in [-0.2, 0) is 4.79 Å². The molecular formula is C23H21FN2O6. The molecule has 3 aromatic carbocycles. The Morgan fingerprint density at radius 2 is 1.50 bits per heavy atom. The Balaban J connectivity index is 1.80. The summed E-state index contributed by atoms with van der Waals surface area (Å²) in [6, 6.07) is 16.6. The Morgan fingerprint density at radius 3 is 1.97 bits per heavy atom. The van der Waals surface area contributed by atoms with Crippen LogP contribution in [0.25, 0.3) is 0 Å². The second-order valence-corrected chi connectivity index (χ2v) is 6.70. The molecule has 0 heterocycles. The van der Waals surface area contributed by atoms with Crippen molar-refractivity contribution in [1.82, 2.24) is 5.32 Å². The van der Waals surface area contributed by atoms with E-state index in [9.17, 15) is 19.3 Å². The molecular weight excluding hydrogens is 419 g/mol. The molecule has 0 saturated heterocycles. The van der Waals surface area contributed by atoms with Crippen molar-refractivity contribution in [2.45, 2.75) is 6.04 Å². The summed E-state index contributed by atoms with van der Waals surface area (Å²) in [5.74, 6) is -0.248. The highest BCUT2D eigenvalue weighted by molar-refractivity contribution is 5.78. The summed E-state index contributed by atoms with van der Waals surface area (Å²) in [4.78, 5) is 23.0. The summed E-state index contributed by atoms with van der Waals surface area (Å²) in [6.07, 6.45) is 0. The normalized spacial score (nSPS) is 10.5. The summed E-state index contributed by atoms with van der Waals surface area (Å²) in [6.45, 7) is -0.535. The smallest absolute Gasteiger partial charge is 0.311 e. The number of ether oxygens (including phenoxy) is 3. The number of hydrogen-bond acceptors (Lipinski definition) is 6. The van der Waals surface area contributed by atoms with Gasteiger partial charge >= 0.3 is 5.69 Å². The van der Waals surface area contributed by atoms with E-state index in [0.29, 0.717) is 11.5 Å². The average molecular weight is 440 g/mol. The van der Waals surface area contributed by atoms with Gasteiger partial charge in [0.25, 0.3) is 5.91 Å². The van der Waals surface area contributed by atoms with Gasteiger partial charge in [0, 0.05) is 12.1 Å². The third-order valence-corrected chi connectivity index (χ3v) is 4.68. The maximum atomic E-state index is 13.5. The SMILES string of the molecule is COc1ccc(C(NC(=O)COc2cc(F)ccc2[N+](=O)[O-])c2ccc(OC)cc2)cc1. The Hall–Kier alpha value is -4.14. The highest BCUT2D eigenvalue weighted by Crippen LogP contribution is 2.28. The van der Waals surface area contributed by atoms with E-state index in [0.717, 1.165) is 29.3 Å². The number of hydrogen-bond donors (Lipinski definition) is 1. The van der Waals surface area contributed by atoms with Crippen molar-refractivity contribution in [3.05, 3.63) is 93.8 Å². The summed E-state index contributed by atoms with van der Waals surface area (Å²) in [7, 11) is 3.11. The van der Waals surface area contributed by atoms with Gasteiger partial charge in [-0.15, -0.1) is 0 Å². The first-order valence-electron chi connectivity index (χ1n) is 9.55. The van der Waals surface area contributed by atoms with Gasteiger partial charge in [0.05, 0.1) is 25.2 Å². The number of nitro benzene ring substituents is 1. The van der Waals surface area contributed by atoms with Crippen LogP contribution in [0.5, 0.6) is 17.2 Å². The van der Waals surface area contributed by atoms with E-state index in [4.69, 9.17) is 14.2 Å². The van der Waals surface area contributed by atoms with E-state index in [1.54, 1.807) is 38.5 Å². The van der Waals surface area contributed by atoms with Crippen molar-refractivity contribution in [2.75, 3.05) is 20.8 Å². The molecule has 3 rings (SSSR count). The summed E-state index contributed by atoms with van der Waals surface area (Å²) >= 11 is 0. The Labute approximate surface area is 183 Å². The van der Waals surface area contributed by atoms with Gasteiger partial charge in [-0.3, -0.25) is 14.9 Å². The molecule has 0 aromatic heterocycles. The van der Waals surface area contributed by atoms with E-state index < -0.39 is 35.0 Å². The molecule has 32 heavy (non-hydrogen) atoms. The number of amides is 1. The molecule has 0 atom stereocenters. The van der Waals surface area contributed by atoms with Crippen molar-refractivity contribution < 1.29 is 28.3 Å². The van der Waals surface area contributed by atoms with Gasteiger partial charge in [0.1, 0.15) is 17.3 Å². The zero-order chi connectivity index (χ0) is 23.1. The van der Waals surface area contributed by atoms with E-state index in [-0.39, 0.29) is 5.75 Å². The van der Waals surface area contributed by atoms with Gasteiger partial charge in [-0.1, -0.05) is 24.3 Å². The topological polar surface area (TPSA) is 99.9 Å². The highest BCUT2D eigenvalue weighted by Gasteiger charge is 2.20. The standard InChI is InChI=1S/C23H21FN2O6/c1-30-18-8-3-15(4-9-18)23(16-5-10-19(31-2)11-6-16)25-22(27)14-32-21-13-17(24)7-12-20(21)26(28)29/h3-13,23H,14H2,1-2H3,(H,25,27). The molecule has 0 radical (unpaired) electrons. The first kappa shape index (κ1) is 22.5. The van der Waals surface area contributed by atoms with E-state index in [2.05, 4.69) is 5.32 Å². The molecule has 1 amide bonds. The zero-order valence-electron chi connectivity index (χ0n) is 17.4. The van der Waals surface area contributed by atoms with Crippen LogP contribution < -0.4 is 19.5 Å². The molecule has 0 aliphatic heterocycles. The minimum atomic E-state index is -0.708. The van der Waals surface area contributed by atoms with Crippen molar-refractivity contribution >= 4 is 11.6 Å². The Bertz CT molecular complexity index is 1040. The third-order valence-electron chi connectivity index (χ3n) is 4.68. The molecule has 3 aromatic rings. The van der Waals surface area contributed by atoms with Crippen molar-refractivity contribution in [2.24, 2.45) is 0 Å². The lowest BCUT2D eigenvalue weighted by molar-refractivity contribution is -0.385. The number of halogens is 1. The van der Waals surface area contributed by atoms with Crippen LogP contribution in [0.2, 0.25) is 0 Å². The van der Waals surface area contributed by atoms with E-state index >= 15 is 0 Å². The molecule has 0 unspecified atom stereocenters. The van der Waals surface area contributed by atoms with Crippen molar-refractivity contribution in [3.8, 4) is 17.2 Å². The second-order valence-electron chi connectivity index (χ2n) is 6.70. The van der Waals surface area contributed by atoms with Crippen molar-refractivity contribution in [3.63, 3.8) is 0 Å². The van der Waals surface area contributed by atoms with E-state index in [1.165, 1.54) is 0 Å². The van der Waals surface area contributed by atoms with Gasteiger partial charge in [0.2, 0.25) is 5.75 Å². The molecule has 0 fully saturated rings. The molecule has 0 aliphatic carbocycles. The maximum absolute atomic E-state index is 13.5. The molecule has 0 bridgehead atoms. The summed E-state index contributed by atoms with van der Waals surface area (Å²) in [5, 5.41) is 14.0. The lowest BCUT2D eigenvalue weighted by Crippen LogP contribution is -2.33. The van der Waals surface area contributed by atoms with Crippen LogP contribution in [0.3, 0.4) is 0 Å². The van der Waals surface area contributed by atoms with Crippen molar-refractivity contribution in [1.29, 1.82) is 0 Å². The van der Waals surface area contributed by atoms with E-state index in [1.807, 2.05) is 24.3 Å². The molecule has 0 aliphatic rings. The summed E-state index contributed by atoms with van der Waals surface area (Å²) in [5.41, 5.74) is 1.13. The minimum Gasteiger partial charge on any atom is -0.497 e. The number of methoxy groups -OCH3 is 2. The number of carbonyl (C=O) groups is 1. The first-order chi connectivity index (χ1) is 15.4. The number of benzene rings is 3. The van der Waals surface area contributed by atoms with Crippen LogP contribution in [0, 0.1) is 15.9 Å². The van der Waals surface area contributed by atoms with Crippen LogP contribution in [-0.4, -0.2) is 31.7 Å². The fourth-order valence-electron chi connectivity index (χ4n) is 3.05. The predicted octanol–water partition coefficient (Wildman–Crippen LogP) is 4.04. The number of nitrogens with one attached hydrogen (secondary N) is 1. The minimum absolute atomic E-state index is 0.324. The van der Waals surface area contributed by atoms with Gasteiger partial charge in [0.15, 0.2) is 6.61 Å². The predicted molar refractivity (Wildman–Crippen MR) is 115 cm³/mol. The lowest BCUT2D eigenvalue weighted by Gasteiger charge is -2.20. The van der Waals surface area contributed by atoms with Gasteiger partial charge in [-0.2, -0.15) is 0 Å². The lowest BCUT2D eigenvalue weighted by atomic mass is 9.98. The molecule has 0 spiro atoms. The number of nitrogens with zero attached hydrogens (tertiary/aromatic N) is 1. The van der Waals surface area contributed by atoms with Crippen LogP contribution >= 0.6 is 0 Å². The molecule has 8 nitrogen and oxygen atoms in total. The first-order valence-corrected chi connectivity index (χ1v) is 9.55. The van der Waals surface area contributed by atoms with Gasteiger partial charge < -0.3 is 19.5 Å². The quantitative estimate of drug-likeness (QED) is 0.398. The largest absolute Gasteiger partial charge is 0.497 e. The van der Waals surface area contributed by atoms with Crippen LogP contribution in [0.15, 0.2) is 66.7 Å². The summed E-state index contributed by atoms with van der Waals surface area (Å²) < 4.78 is 29.1. The van der Waals surface area contributed by atoms with Gasteiger partial charge in [-0.05, 0) is 41.5 Å². The third kappa shape index (κ3) is 5.51. The van der Waals surface area contributed by atoms with Crippen LogP contribution in [0.1, 0.15) is 17.2 Å². The van der Waals surface area contributed by atoms with Gasteiger partial charge in [-0.25, -0.2) is 4.39 Å². The fourth-order valence-corrected chi connectivity index (χ4v) is 3.05. The number of carbonyl (C=O) groups excluding carboxylic acids is 1. The fraction of sp³-hybridized carbons (Fsp3) is 0.174. The number of nitro groups is 1. The van der Waals surface area contributed by atoms with Crippen LogP contribution in [0.4, 0.5) is 10.1 Å². The maximum Gasteiger partial charge on any atom is 0.311 e. The zero-order valence-corrected chi connectivity index (χ0v) is 17.4.